The number of hydrogen-bond acceptors (Lipinski definition) is 7. The number of likely N-dealkylation sites (tertiary alicyclic amines) is 1. The maximum Gasteiger partial charge on any atom is 0.223 e. The molecule has 0 bridgehead atoms. The molecule has 212 valence electrons. The minimum absolute atomic E-state index is 0.0524. The van der Waals surface area contributed by atoms with Crippen LogP contribution in [-0.2, 0) is 11.3 Å². The fraction of sp³-hybridized carbons (Fsp3) is 0.444. The van der Waals surface area contributed by atoms with Crippen molar-refractivity contribution in [2.45, 2.75) is 56.5 Å². The lowest BCUT2D eigenvalue weighted by atomic mass is 9.88. The minimum atomic E-state index is -0.558. The molecule has 6 rings (SSSR count). The van der Waals surface area contributed by atoms with Crippen molar-refractivity contribution >= 4 is 36.1 Å². The molecule has 3 fully saturated rings. The lowest BCUT2D eigenvalue weighted by molar-refractivity contribution is -0.127. The van der Waals surface area contributed by atoms with E-state index in [1.54, 1.807) is 6.07 Å². The van der Waals surface area contributed by atoms with Crippen molar-refractivity contribution in [1.82, 2.24) is 29.4 Å². The Kier molecular flexibility index (Phi) is 8.48. The van der Waals surface area contributed by atoms with Crippen LogP contribution in [0.25, 0.3) is 11.3 Å². The van der Waals surface area contributed by atoms with Crippen LogP contribution in [-0.4, -0.2) is 55.4 Å². The molecular formula is C27H28ClF3N6O2S. The highest BCUT2D eigenvalue weighted by Crippen LogP contribution is 2.49. The van der Waals surface area contributed by atoms with Gasteiger partial charge in [-0.25, -0.2) is 8.78 Å². The van der Waals surface area contributed by atoms with Crippen LogP contribution in [0.1, 0.15) is 66.3 Å². The van der Waals surface area contributed by atoms with Crippen molar-refractivity contribution in [1.29, 1.82) is 0 Å². The van der Waals surface area contributed by atoms with Crippen LogP contribution >= 0.6 is 23.9 Å². The van der Waals surface area contributed by atoms with Gasteiger partial charge in [0.15, 0.2) is 24.4 Å². The van der Waals surface area contributed by atoms with Gasteiger partial charge in [-0.05, 0) is 70.3 Å². The molecule has 1 N–H and O–H groups in total. The lowest BCUT2D eigenvalue weighted by Crippen LogP contribution is -2.46. The zero-order valence-electron chi connectivity index (χ0n) is 21.7. The zero-order chi connectivity index (χ0) is 28.4. The van der Waals surface area contributed by atoms with Crippen molar-refractivity contribution in [3.8, 4) is 11.3 Å². The lowest BCUT2D eigenvalue weighted by Gasteiger charge is -2.37. The minimum Gasteiger partial charge on any atom is -0.350 e. The predicted molar refractivity (Wildman–Crippen MR) is 145 cm³/mol. The first-order valence-corrected chi connectivity index (χ1v) is 14.1. The third kappa shape index (κ3) is 6.34. The van der Waals surface area contributed by atoms with Crippen molar-refractivity contribution in [3.63, 3.8) is 0 Å². The number of nitrogens with one attached hydrogen (secondary N) is 1. The number of amides is 1. The van der Waals surface area contributed by atoms with Gasteiger partial charge in [0, 0.05) is 28.6 Å². The number of hydrogen-bond donors (Lipinski definition) is 1. The first kappa shape index (κ1) is 28.6. The number of aldehydes is 1. The summed E-state index contributed by atoms with van der Waals surface area (Å²) < 4.78 is 40.4. The summed E-state index contributed by atoms with van der Waals surface area (Å²) in [6, 6.07) is 4.17. The molecular weight excluding hydrogens is 565 g/mol. The van der Waals surface area contributed by atoms with Crippen LogP contribution in [0.3, 0.4) is 0 Å². The van der Waals surface area contributed by atoms with E-state index < -0.39 is 11.6 Å². The van der Waals surface area contributed by atoms with Crippen LogP contribution in [0.5, 0.6) is 0 Å². The molecule has 1 unspecified atom stereocenters. The quantitative estimate of drug-likeness (QED) is 0.361. The van der Waals surface area contributed by atoms with E-state index in [0.29, 0.717) is 17.9 Å². The van der Waals surface area contributed by atoms with E-state index in [2.05, 4.69) is 32.3 Å². The number of carbonyl (C=O) groups is 2. The second-order valence-electron chi connectivity index (χ2n) is 10.5. The summed E-state index contributed by atoms with van der Waals surface area (Å²) in [5.74, 6) is -0.558. The molecule has 1 atom stereocenters. The van der Waals surface area contributed by atoms with Crippen LogP contribution in [0, 0.1) is 17.6 Å². The van der Waals surface area contributed by atoms with Gasteiger partial charge in [0.25, 0.3) is 0 Å². The summed E-state index contributed by atoms with van der Waals surface area (Å²) in [5.41, 5.74) is 2.05. The van der Waals surface area contributed by atoms with E-state index in [0.717, 1.165) is 54.4 Å². The Morgan fingerprint density at radius 1 is 1.20 bits per heavy atom. The van der Waals surface area contributed by atoms with Gasteiger partial charge >= 0.3 is 0 Å². The molecule has 3 aromatic heterocycles. The van der Waals surface area contributed by atoms with Gasteiger partial charge in [-0.3, -0.25) is 19.6 Å². The summed E-state index contributed by atoms with van der Waals surface area (Å²) in [6.07, 6.45) is 9.01. The number of aromatic nitrogens is 4. The third-order valence-electron chi connectivity index (χ3n) is 7.79. The topological polar surface area (TPSA) is 93.0 Å². The molecule has 1 spiro atoms. The summed E-state index contributed by atoms with van der Waals surface area (Å²) >= 11 is 5.74. The summed E-state index contributed by atoms with van der Waals surface area (Å²) in [6.45, 7) is 1.21. The first-order chi connectivity index (χ1) is 19.2. The second-order valence-corrected chi connectivity index (χ2v) is 11.4. The molecule has 0 radical (unpaired) electrons. The molecule has 8 nitrogen and oxygen atoms in total. The Balaban J connectivity index is 0.000000162. The second kappa shape index (κ2) is 11.9. The fourth-order valence-corrected chi connectivity index (χ4v) is 5.64. The van der Waals surface area contributed by atoms with Gasteiger partial charge in [-0.1, -0.05) is 11.6 Å². The van der Waals surface area contributed by atoms with Gasteiger partial charge < -0.3 is 10.2 Å². The summed E-state index contributed by atoms with van der Waals surface area (Å²) in [5, 5.41) is 6.83. The zero-order valence-corrected chi connectivity index (χ0v) is 23.3. The van der Waals surface area contributed by atoms with Crippen molar-refractivity contribution in [3.05, 3.63) is 64.3 Å². The molecule has 1 amide bonds. The smallest absolute Gasteiger partial charge is 0.223 e. The highest BCUT2D eigenvalue weighted by Gasteiger charge is 2.50. The van der Waals surface area contributed by atoms with Gasteiger partial charge in [-0.15, -0.1) is 3.89 Å². The van der Waals surface area contributed by atoms with E-state index in [9.17, 15) is 22.3 Å². The first-order valence-electron chi connectivity index (χ1n) is 13.0. The molecule has 2 saturated carbocycles. The molecule has 1 saturated heterocycles. The molecule has 40 heavy (non-hydrogen) atoms. The number of halogens is 4. The summed E-state index contributed by atoms with van der Waals surface area (Å²) in [4.78, 5) is 33.3. The summed E-state index contributed by atoms with van der Waals surface area (Å²) in [7, 11) is 2.14. The van der Waals surface area contributed by atoms with Crippen LogP contribution in [0.4, 0.5) is 12.7 Å². The number of carbonyl (C=O) groups excluding carboxylic acids is 2. The Bertz CT molecular complexity index is 1410. The van der Waals surface area contributed by atoms with Crippen LogP contribution < -0.4 is 5.32 Å². The maximum atomic E-state index is 13.8. The van der Waals surface area contributed by atoms with Crippen LogP contribution in [0.2, 0.25) is 5.02 Å². The largest absolute Gasteiger partial charge is 0.350 e. The molecule has 3 aliphatic rings. The monoisotopic (exact) mass is 592 g/mol. The van der Waals surface area contributed by atoms with E-state index in [-0.39, 0.29) is 58.2 Å². The van der Waals surface area contributed by atoms with Crippen LogP contribution in [0.15, 0.2) is 30.6 Å². The predicted octanol–water partition coefficient (Wildman–Crippen LogP) is 5.52. The number of rotatable bonds is 7. The van der Waals surface area contributed by atoms with Gasteiger partial charge in [0.1, 0.15) is 11.5 Å². The molecule has 4 heterocycles. The normalized spacial score (nSPS) is 19.6. The molecule has 0 aromatic carbocycles. The average Bonchev–Trinajstić information content (AvgIpc) is 3.88. The number of pyridine rings is 2. The highest BCUT2D eigenvalue weighted by atomic mass is 35.5. The standard InChI is InChI=1S/C15H19ClFN3O.C12H9F2N3OS/c1-20-5-2-10(7-15(20)3-4-15)14(21)19-9-13-12(16)6-11(17)8-18-13;13-10-5-15-11(7-1-2-7)4-9(10)12-3-8(6-18)16-17(12)19-14/h6,8,10H,2-5,7,9H2,1H3,(H,19,21);3-7H,1-2H2. The van der Waals surface area contributed by atoms with Crippen molar-refractivity contribution < 1.29 is 22.3 Å². The van der Waals surface area contributed by atoms with E-state index in [1.807, 2.05) is 0 Å². The fourth-order valence-electron chi connectivity index (χ4n) is 5.07. The third-order valence-corrected chi connectivity index (χ3v) is 8.53. The SMILES string of the molecule is CN1CCC(C(=O)NCc2ncc(F)cc2Cl)CC12CC2.O=Cc1cc(-c2cc(C3CC3)ncc2F)n(SF)n1. The Morgan fingerprint density at radius 3 is 2.62 bits per heavy atom. The van der Waals surface area contributed by atoms with Crippen molar-refractivity contribution in [2.24, 2.45) is 5.92 Å². The molecule has 1 aliphatic heterocycles. The number of piperidine rings is 1. The Hall–Kier alpha value is -2.96. The molecule has 2 aliphatic carbocycles. The number of nitrogens with zero attached hydrogens (tertiary/aromatic N) is 5. The Labute approximate surface area is 239 Å². The van der Waals surface area contributed by atoms with Crippen molar-refractivity contribution in [2.75, 3.05) is 13.6 Å². The average molecular weight is 593 g/mol. The van der Waals surface area contributed by atoms with E-state index in [1.165, 1.54) is 25.0 Å². The molecule has 13 heteroatoms. The van der Waals surface area contributed by atoms with E-state index >= 15 is 0 Å². The van der Waals surface area contributed by atoms with E-state index in [4.69, 9.17) is 11.6 Å². The van der Waals surface area contributed by atoms with Gasteiger partial charge in [0.05, 0.1) is 35.3 Å². The Morgan fingerprint density at radius 2 is 1.98 bits per heavy atom. The van der Waals surface area contributed by atoms with Gasteiger partial charge in [-0.2, -0.15) is 9.19 Å². The van der Waals surface area contributed by atoms with Gasteiger partial charge in [0.2, 0.25) is 5.91 Å². The molecule has 3 aromatic rings. The highest BCUT2D eigenvalue weighted by molar-refractivity contribution is 7.92. The maximum absolute atomic E-state index is 13.8.